The van der Waals surface area contributed by atoms with Crippen LogP contribution in [0, 0.1) is 6.92 Å². The predicted molar refractivity (Wildman–Crippen MR) is 103 cm³/mol. The summed E-state index contributed by atoms with van der Waals surface area (Å²) < 4.78 is 0. The summed E-state index contributed by atoms with van der Waals surface area (Å²) in [6.45, 7) is 6.33. The zero-order valence-corrected chi connectivity index (χ0v) is 14.8. The Morgan fingerprint density at radius 2 is 1.92 bits per heavy atom. The molecule has 5 heteroatoms. The van der Waals surface area contributed by atoms with Crippen molar-refractivity contribution in [2.45, 2.75) is 33.2 Å². The molecule has 5 nitrogen and oxygen atoms in total. The lowest BCUT2D eigenvalue weighted by Gasteiger charge is -2.15. The Morgan fingerprint density at radius 3 is 2.64 bits per heavy atom. The molecule has 0 bridgehead atoms. The summed E-state index contributed by atoms with van der Waals surface area (Å²) in [6, 6.07) is 14.3. The highest BCUT2D eigenvalue weighted by Crippen LogP contribution is 2.24. The number of nitrogens with zero attached hydrogens (tertiary/aromatic N) is 3. The first-order chi connectivity index (χ1) is 12.2. The summed E-state index contributed by atoms with van der Waals surface area (Å²) in [7, 11) is 0. The number of pyridine rings is 1. The quantitative estimate of drug-likeness (QED) is 0.678. The van der Waals surface area contributed by atoms with Crippen LogP contribution in [0.15, 0.2) is 54.9 Å². The first kappa shape index (κ1) is 16.9. The molecule has 0 unspecified atom stereocenters. The van der Waals surface area contributed by atoms with E-state index < -0.39 is 0 Å². The second kappa shape index (κ2) is 7.75. The molecule has 2 heterocycles. The molecule has 128 valence electrons. The Kier molecular flexibility index (Phi) is 5.23. The van der Waals surface area contributed by atoms with Gasteiger partial charge in [0.2, 0.25) is 5.95 Å². The van der Waals surface area contributed by atoms with Crippen molar-refractivity contribution >= 4 is 17.5 Å². The van der Waals surface area contributed by atoms with E-state index in [1.165, 1.54) is 5.56 Å². The first-order valence-electron chi connectivity index (χ1n) is 8.54. The fourth-order valence-corrected chi connectivity index (χ4v) is 2.41. The van der Waals surface area contributed by atoms with E-state index in [9.17, 15) is 0 Å². The van der Waals surface area contributed by atoms with Crippen LogP contribution in [0.1, 0.15) is 25.8 Å². The fraction of sp³-hybridized carbons (Fsp3) is 0.250. The van der Waals surface area contributed by atoms with Crippen molar-refractivity contribution in [2.24, 2.45) is 0 Å². The molecule has 0 spiro atoms. The van der Waals surface area contributed by atoms with Crippen molar-refractivity contribution in [1.29, 1.82) is 0 Å². The van der Waals surface area contributed by atoms with E-state index in [-0.39, 0.29) is 0 Å². The van der Waals surface area contributed by atoms with Gasteiger partial charge >= 0.3 is 0 Å². The van der Waals surface area contributed by atoms with Crippen LogP contribution in [0.2, 0.25) is 0 Å². The Bertz CT molecular complexity index is 832. The standard InChI is InChI=1S/C20H23N5/c1-4-15(3)22-20-24-18(16-9-7-11-21-13-16)12-19(25-20)23-17-10-6-5-8-14(17)2/h5-13,15H,4H2,1-3H3,(H2,22,23,24,25)/t15-/m0/s1. The summed E-state index contributed by atoms with van der Waals surface area (Å²) in [5.74, 6) is 1.38. The van der Waals surface area contributed by atoms with Gasteiger partial charge in [-0.3, -0.25) is 4.98 Å². The molecule has 0 aliphatic carbocycles. The molecular formula is C20H23N5. The molecule has 0 aliphatic heterocycles. The highest BCUT2D eigenvalue weighted by molar-refractivity contribution is 5.68. The highest BCUT2D eigenvalue weighted by Gasteiger charge is 2.10. The van der Waals surface area contributed by atoms with E-state index in [4.69, 9.17) is 0 Å². The third kappa shape index (κ3) is 4.32. The number of hydrogen-bond acceptors (Lipinski definition) is 5. The van der Waals surface area contributed by atoms with Gasteiger partial charge < -0.3 is 10.6 Å². The average Bonchev–Trinajstić information content (AvgIpc) is 2.64. The number of aryl methyl sites for hydroxylation is 1. The van der Waals surface area contributed by atoms with Crippen molar-refractivity contribution in [3.05, 3.63) is 60.4 Å². The van der Waals surface area contributed by atoms with Crippen LogP contribution >= 0.6 is 0 Å². The van der Waals surface area contributed by atoms with Crippen LogP contribution in [0.3, 0.4) is 0 Å². The number of rotatable bonds is 6. The normalized spacial score (nSPS) is 11.8. The molecule has 3 aromatic rings. The SMILES string of the molecule is CC[C@H](C)Nc1nc(Nc2ccccc2C)cc(-c2cccnc2)n1. The molecule has 2 aromatic heterocycles. The van der Waals surface area contributed by atoms with E-state index in [2.05, 4.69) is 52.4 Å². The monoisotopic (exact) mass is 333 g/mol. The fourth-order valence-electron chi connectivity index (χ4n) is 2.41. The summed E-state index contributed by atoms with van der Waals surface area (Å²) in [4.78, 5) is 13.5. The highest BCUT2D eigenvalue weighted by atomic mass is 15.2. The Morgan fingerprint density at radius 1 is 1.08 bits per heavy atom. The molecule has 0 amide bonds. The maximum atomic E-state index is 4.65. The van der Waals surface area contributed by atoms with Gasteiger partial charge in [-0.05, 0) is 44.0 Å². The number of anilines is 3. The molecule has 0 saturated heterocycles. The van der Waals surface area contributed by atoms with Gasteiger partial charge in [0, 0.05) is 35.8 Å². The Labute approximate surface area is 148 Å². The van der Waals surface area contributed by atoms with Crippen molar-refractivity contribution in [3.63, 3.8) is 0 Å². The van der Waals surface area contributed by atoms with Crippen molar-refractivity contribution in [3.8, 4) is 11.3 Å². The summed E-state index contributed by atoms with van der Waals surface area (Å²) >= 11 is 0. The minimum Gasteiger partial charge on any atom is -0.352 e. The average molecular weight is 333 g/mol. The van der Waals surface area contributed by atoms with Gasteiger partial charge in [0.15, 0.2) is 0 Å². The molecule has 0 aliphatic rings. The number of aromatic nitrogens is 3. The summed E-state index contributed by atoms with van der Waals surface area (Å²) in [5, 5.41) is 6.76. The van der Waals surface area contributed by atoms with Crippen LogP contribution in [-0.2, 0) is 0 Å². The van der Waals surface area contributed by atoms with Gasteiger partial charge in [-0.2, -0.15) is 4.98 Å². The van der Waals surface area contributed by atoms with Crippen LogP contribution in [-0.4, -0.2) is 21.0 Å². The minimum atomic E-state index is 0.301. The van der Waals surface area contributed by atoms with Gasteiger partial charge in [-0.15, -0.1) is 0 Å². The Balaban J connectivity index is 1.99. The first-order valence-corrected chi connectivity index (χ1v) is 8.54. The number of nitrogens with one attached hydrogen (secondary N) is 2. The molecule has 2 N–H and O–H groups in total. The third-order valence-corrected chi connectivity index (χ3v) is 4.08. The smallest absolute Gasteiger partial charge is 0.225 e. The molecule has 1 aromatic carbocycles. The molecule has 1 atom stereocenters. The molecule has 0 saturated carbocycles. The van der Waals surface area contributed by atoms with Gasteiger partial charge in [0.25, 0.3) is 0 Å². The molecule has 0 radical (unpaired) electrons. The predicted octanol–water partition coefficient (Wildman–Crippen LogP) is 4.80. The maximum absolute atomic E-state index is 4.65. The van der Waals surface area contributed by atoms with Crippen molar-refractivity contribution < 1.29 is 0 Å². The topological polar surface area (TPSA) is 62.7 Å². The molecular weight excluding hydrogens is 310 g/mol. The van der Waals surface area contributed by atoms with Gasteiger partial charge in [0.1, 0.15) is 5.82 Å². The molecule has 0 fully saturated rings. The summed E-state index contributed by atoms with van der Waals surface area (Å²) in [6.07, 6.45) is 4.57. The van der Waals surface area contributed by atoms with E-state index in [1.807, 2.05) is 42.6 Å². The number of hydrogen-bond donors (Lipinski definition) is 2. The molecule has 25 heavy (non-hydrogen) atoms. The lowest BCUT2D eigenvalue weighted by atomic mass is 10.2. The maximum Gasteiger partial charge on any atom is 0.225 e. The van der Waals surface area contributed by atoms with Gasteiger partial charge in [0.05, 0.1) is 5.69 Å². The second-order valence-corrected chi connectivity index (χ2v) is 6.10. The Hall–Kier alpha value is -2.95. The van der Waals surface area contributed by atoms with E-state index in [1.54, 1.807) is 6.20 Å². The van der Waals surface area contributed by atoms with E-state index in [0.29, 0.717) is 12.0 Å². The van der Waals surface area contributed by atoms with Gasteiger partial charge in [-0.25, -0.2) is 4.98 Å². The minimum absolute atomic E-state index is 0.301. The second-order valence-electron chi connectivity index (χ2n) is 6.10. The van der Waals surface area contributed by atoms with Crippen LogP contribution in [0.4, 0.5) is 17.5 Å². The van der Waals surface area contributed by atoms with Crippen LogP contribution in [0.5, 0.6) is 0 Å². The van der Waals surface area contributed by atoms with Crippen LogP contribution < -0.4 is 10.6 Å². The van der Waals surface area contributed by atoms with Gasteiger partial charge in [-0.1, -0.05) is 25.1 Å². The molecule has 3 rings (SSSR count). The lowest BCUT2D eigenvalue weighted by molar-refractivity contribution is 0.753. The number of para-hydroxylation sites is 1. The zero-order valence-electron chi connectivity index (χ0n) is 14.8. The lowest BCUT2D eigenvalue weighted by Crippen LogP contribution is -2.16. The zero-order chi connectivity index (χ0) is 17.6. The van der Waals surface area contributed by atoms with E-state index in [0.717, 1.165) is 29.2 Å². The number of benzene rings is 1. The van der Waals surface area contributed by atoms with Crippen molar-refractivity contribution in [2.75, 3.05) is 10.6 Å². The largest absolute Gasteiger partial charge is 0.352 e. The van der Waals surface area contributed by atoms with Crippen molar-refractivity contribution in [1.82, 2.24) is 15.0 Å². The summed E-state index contributed by atoms with van der Waals surface area (Å²) in [5.41, 5.74) is 4.00. The van der Waals surface area contributed by atoms with Crippen LogP contribution in [0.25, 0.3) is 11.3 Å². The third-order valence-electron chi connectivity index (χ3n) is 4.08. The van der Waals surface area contributed by atoms with E-state index >= 15 is 0 Å².